The summed E-state index contributed by atoms with van der Waals surface area (Å²) in [5, 5.41) is 25.3. The number of carbonyl (C=O) groups excluding carboxylic acids is 1. The van der Waals surface area contributed by atoms with E-state index in [9.17, 15) is 14.9 Å². The third-order valence-corrected chi connectivity index (χ3v) is 4.95. The molecule has 0 radical (unpaired) electrons. The van der Waals surface area contributed by atoms with Gasteiger partial charge in [0.25, 0.3) is 11.6 Å². The van der Waals surface area contributed by atoms with Crippen molar-refractivity contribution >= 4 is 17.4 Å². The van der Waals surface area contributed by atoms with E-state index in [2.05, 4.69) is 15.6 Å². The first kappa shape index (κ1) is 25.1. The molecule has 34 heavy (non-hydrogen) atoms. The summed E-state index contributed by atoms with van der Waals surface area (Å²) in [5.74, 6) is 0.217. The van der Waals surface area contributed by atoms with Crippen LogP contribution in [-0.4, -0.2) is 66.7 Å². The van der Waals surface area contributed by atoms with Gasteiger partial charge < -0.3 is 30.0 Å². The molecule has 1 aromatic carbocycles. The van der Waals surface area contributed by atoms with Crippen molar-refractivity contribution in [2.24, 2.45) is 0 Å². The summed E-state index contributed by atoms with van der Waals surface area (Å²) < 4.78 is 16.7. The van der Waals surface area contributed by atoms with Crippen molar-refractivity contribution in [2.75, 3.05) is 44.8 Å². The molecule has 0 saturated carbocycles. The summed E-state index contributed by atoms with van der Waals surface area (Å²) in [5.41, 5.74) is 0.956. The van der Waals surface area contributed by atoms with Gasteiger partial charge in [-0.3, -0.25) is 14.9 Å². The fourth-order valence-electron chi connectivity index (χ4n) is 3.31. The molecule has 1 aromatic heterocycles. The van der Waals surface area contributed by atoms with Gasteiger partial charge >= 0.3 is 0 Å². The second-order valence-electron chi connectivity index (χ2n) is 7.38. The predicted molar refractivity (Wildman–Crippen MR) is 123 cm³/mol. The first-order valence-corrected chi connectivity index (χ1v) is 10.9. The molecule has 0 bridgehead atoms. The van der Waals surface area contributed by atoms with Gasteiger partial charge in [0.1, 0.15) is 12.0 Å². The number of hydrogen-bond donors (Lipinski definition) is 3. The lowest BCUT2D eigenvalue weighted by molar-refractivity contribution is -0.385. The van der Waals surface area contributed by atoms with Crippen LogP contribution in [0.3, 0.4) is 0 Å². The van der Waals surface area contributed by atoms with E-state index in [0.717, 1.165) is 5.56 Å². The monoisotopic (exact) mass is 472 g/mol. The second-order valence-corrected chi connectivity index (χ2v) is 7.38. The number of amides is 1. The number of nitrogens with one attached hydrogen (secondary N) is 2. The lowest BCUT2D eigenvalue weighted by Gasteiger charge is -2.29. The highest BCUT2D eigenvalue weighted by atomic mass is 16.7. The van der Waals surface area contributed by atoms with Gasteiger partial charge in [-0.1, -0.05) is 30.3 Å². The number of benzene rings is 1. The van der Waals surface area contributed by atoms with E-state index < -0.39 is 11.2 Å². The molecule has 11 heteroatoms. The van der Waals surface area contributed by atoms with Crippen LogP contribution in [0.15, 0.2) is 60.5 Å². The summed E-state index contributed by atoms with van der Waals surface area (Å²) in [6, 6.07) is 12.6. The van der Waals surface area contributed by atoms with Crippen molar-refractivity contribution in [1.82, 2.24) is 10.3 Å². The summed E-state index contributed by atoms with van der Waals surface area (Å²) in [4.78, 5) is 26.9. The van der Waals surface area contributed by atoms with Gasteiger partial charge in [0.15, 0.2) is 5.76 Å². The van der Waals surface area contributed by atoms with Gasteiger partial charge in [-0.2, -0.15) is 0 Å². The van der Waals surface area contributed by atoms with Crippen LogP contribution >= 0.6 is 0 Å². The molecule has 182 valence electrons. The molecule has 0 saturated heterocycles. The summed E-state index contributed by atoms with van der Waals surface area (Å²) >= 11 is 0. The van der Waals surface area contributed by atoms with Crippen molar-refractivity contribution in [3.8, 4) is 0 Å². The zero-order chi connectivity index (χ0) is 24.2. The molecule has 2 heterocycles. The molecule has 3 N–H and O–H groups in total. The lowest BCUT2D eigenvalue weighted by atomic mass is 9.93. The van der Waals surface area contributed by atoms with Crippen molar-refractivity contribution < 1.29 is 29.0 Å². The molecular weight excluding hydrogens is 444 g/mol. The van der Waals surface area contributed by atoms with Crippen LogP contribution in [0.5, 0.6) is 0 Å². The summed E-state index contributed by atoms with van der Waals surface area (Å²) in [6.45, 7) is 1.41. The van der Waals surface area contributed by atoms with E-state index in [4.69, 9.17) is 19.3 Å². The number of carbonyl (C=O) groups is 1. The molecule has 0 aliphatic carbocycles. The van der Waals surface area contributed by atoms with Gasteiger partial charge in [-0.25, -0.2) is 4.98 Å². The molecule has 0 unspecified atom stereocenters. The highest BCUT2D eigenvalue weighted by Crippen LogP contribution is 2.31. The lowest BCUT2D eigenvalue weighted by Crippen LogP contribution is -2.35. The number of allylic oxidation sites excluding steroid dienone is 1. The Kier molecular flexibility index (Phi) is 9.77. The molecule has 0 fully saturated rings. The SMILES string of the molecule is O=C(NCCNc1ccc([N+](=O)[O-])cn1)C1=C[C@@H](c2ccccc2)C[C@@H](OCCOCCO)O1. The Balaban J connectivity index is 1.53. The van der Waals surface area contributed by atoms with Crippen LogP contribution in [0.4, 0.5) is 11.5 Å². The van der Waals surface area contributed by atoms with Gasteiger partial charge in [0, 0.05) is 31.5 Å². The number of ether oxygens (including phenoxy) is 3. The first-order chi connectivity index (χ1) is 16.6. The molecule has 0 spiro atoms. The minimum atomic E-state index is -0.615. The molecule has 1 amide bonds. The Bertz CT molecular complexity index is 954. The van der Waals surface area contributed by atoms with Crippen LogP contribution in [0.25, 0.3) is 0 Å². The third kappa shape index (κ3) is 7.80. The van der Waals surface area contributed by atoms with Crippen LogP contribution < -0.4 is 10.6 Å². The molecule has 3 rings (SSSR count). The highest BCUT2D eigenvalue weighted by molar-refractivity contribution is 5.91. The number of aromatic nitrogens is 1. The van der Waals surface area contributed by atoms with E-state index in [1.165, 1.54) is 18.3 Å². The number of anilines is 1. The van der Waals surface area contributed by atoms with Crippen molar-refractivity contribution in [3.05, 3.63) is 76.2 Å². The smallest absolute Gasteiger partial charge is 0.287 e. The Labute approximate surface area is 196 Å². The van der Waals surface area contributed by atoms with Gasteiger partial charge in [-0.15, -0.1) is 0 Å². The number of hydrogen-bond acceptors (Lipinski definition) is 9. The van der Waals surface area contributed by atoms with E-state index in [1.54, 1.807) is 6.08 Å². The number of rotatable bonds is 13. The predicted octanol–water partition coefficient (Wildman–Crippen LogP) is 1.96. The van der Waals surface area contributed by atoms with Crippen molar-refractivity contribution in [1.29, 1.82) is 0 Å². The van der Waals surface area contributed by atoms with Crippen LogP contribution in [0.1, 0.15) is 17.9 Å². The molecule has 2 aromatic rings. The Morgan fingerprint density at radius 1 is 1.18 bits per heavy atom. The topological polar surface area (TPSA) is 145 Å². The summed E-state index contributed by atoms with van der Waals surface area (Å²) in [7, 11) is 0. The molecule has 1 aliphatic heterocycles. The zero-order valence-electron chi connectivity index (χ0n) is 18.6. The first-order valence-electron chi connectivity index (χ1n) is 10.9. The molecular formula is C23H28N4O7. The van der Waals surface area contributed by atoms with Crippen LogP contribution in [0.2, 0.25) is 0 Å². The van der Waals surface area contributed by atoms with Gasteiger partial charge in [0.2, 0.25) is 6.29 Å². The van der Waals surface area contributed by atoms with E-state index in [-0.39, 0.29) is 49.6 Å². The van der Waals surface area contributed by atoms with Crippen molar-refractivity contribution in [3.63, 3.8) is 0 Å². The minimum Gasteiger partial charge on any atom is -0.459 e. The maximum absolute atomic E-state index is 12.7. The fraction of sp³-hybridized carbons (Fsp3) is 0.391. The third-order valence-electron chi connectivity index (χ3n) is 4.95. The average Bonchev–Trinajstić information content (AvgIpc) is 2.87. The van der Waals surface area contributed by atoms with Crippen molar-refractivity contribution in [2.45, 2.75) is 18.6 Å². The zero-order valence-corrected chi connectivity index (χ0v) is 18.6. The highest BCUT2D eigenvalue weighted by Gasteiger charge is 2.28. The largest absolute Gasteiger partial charge is 0.459 e. The number of nitro groups is 1. The van der Waals surface area contributed by atoms with E-state index in [0.29, 0.717) is 25.4 Å². The maximum atomic E-state index is 12.7. The second kappa shape index (κ2) is 13.2. The van der Waals surface area contributed by atoms with Crippen LogP contribution in [0, 0.1) is 10.1 Å². The average molecular weight is 472 g/mol. The number of pyridine rings is 1. The normalized spacial score (nSPS) is 17.4. The number of aliphatic hydroxyl groups is 1. The maximum Gasteiger partial charge on any atom is 0.287 e. The Morgan fingerprint density at radius 3 is 2.71 bits per heavy atom. The van der Waals surface area contributed by atoms with E-state index >= 15 is 0 Å². The van der Waals surface area contributed by atoms with Gasteiger partial charge in [0.05, 0.1) is 31.4 Å². The Hall–Kier alpha value is -3.54. The standard InChI is InChI=1S/C23H28N4O7/c28-10-11-32-12-13-33-22-15-18(17-4-2-1-3-5-17)14-20(34-22)23(29)25-9-8-24-21-7-6-19(16-26-21)27(30)31/h1-7,14,16,18,22,28H,8-13,15H2,(H,24,26)(H,25,29)/t18-,22+/m1/s1. The molecule has 2 atom stereocenters. The Morgan fingerprint density at radius 2 is 2.00 bits per heavy atom. The number of aliphatic hydroxyl groups excluding tert-OH is 1. The quantitative estimate of drug-likeness (QED) is 0.226. The number of nitrogens with zero attached hydrogens (tertiary/aromatic N) is 2. The molecule has 1 aliphatic rings. The fourth-order valence-corrected chi connectivity index (χ4v) is 3.31. The minimum absolute atomic E-state index is 0.0542. The van der Waals surface area contributed by atoms with E-state index in [1.807, 2.05) is 30.3 Å². The van der Waals surface area contributed by atoms with Crippen LogP contribution in [-0.2, 0) is 19.0 Å². The van der Waals surface area contributed by atoms with Gasteiger partial charge in [-0.05, 0) is 17.7 Å². The molecule has 11 nitrogen and oxygen atoms in total. The summed E-state index contributed by atoms with van der Waals surface area (Å²) in [6.07, 6.45) is 2.89.